The predicted octanol–water partition coefficient (Wildman–Crippen LogP) is 2.74. The van der Waals surface area contributed by atoms with Crippen LogP contribution in [0.2, 0.25) is 0 Å². The molecule has 2 rings (SSSR count). The van der Waals surface area contributed by atoms with Crippen molar-refractivity contribution in [3.8, 4) is 5.75 Å². The summed E-state index contributed by atoms with van der Waals surface area (Å²) in [6.07, 6.45) is 1.80. The monoisotopic (exact) mass is 190 g/mol. The van der Waals surface area contributed by atoms with Gasteiger partial charge in [0.1, 0.15) is 11.4 Å². The Morgan fingerprint density at radius 1 is 1.29 bits per heavy atom. The fraction of sp³-hybridized carbons (Fsp3) is 0.364. The summed E-state index contributed by atoms with van der Waals surface area (Å²) in [6, 6.07) is 5.92. The van der Waals surface area contributed by atoms with Crippen LogP contribution in [0.3, 0.4) is 0 Å². The van der Waals surface area contributed by atoms with E-state index in [0.717, 1.165) is 16.7 Å². The summed E-state index contributed by atoms with van der Waals surface area (Å²) in [5.74, 6) is 0.881. The SMILES string of the molecule is CC(C)(C)Oc1ccc2[nH]ncc2c1. The molecule has 0 saturated heterocycles. The summed E-state index contributed by atoms with van der Waals surface area (Å²) >= 11 is 0. The summed E-state index contributed by atoms with van der Waals surface area (Å²) in [5.41, 5.74) is 0.878. The third-order valence-corrected chi connectivity index (χ3v) is 1.84. The number of H-pyrrole nitrogens is 1. The highest BCUT2D eigenvalue weighted by Crippen LogP contribution is 2.22. The molecule has 1 heterocycles. The summed E-state index contributed by atoms with van der Waals surface area (Å²) in [7, 11) is 0. The maximum atomic E-state index is 5.74. The Morgan fingerprint density at radius 3 is 2.79 bits per heavy atom. The Bertz CT molecular complexity index is 440. The standard InChI is InChI=1S/C11H14N2O/c1-11(2,3)14-9-4-5-10-8(6-9)7-12-13-10/h4-7H,1-3H3,(H,12,13). The molecule has 0 spiro atoms. The quantitative estimate of drug-likeness (QED) is 0.750. The van der Waals surface area contributed by atoms with Gasteiger partial charge in [0, 0.05) is 5.39 Å². The Labute approximate surface area is 83.1 Å². The zero-order chi connectivity index (χ0) is 10.2. The molecule has 0 aliphatic rings. The minimum Gasteiger partial charge on any atom is -0.488 e. The second-order valence-corrected chi connectivity index (χ2v) is 4.33. The number of rotatable bonds is 1. The van der Waals surface area contributed by atoms with Gasteiger partial charge in [0.05, 0.1) is 11.7 Å². The average Bonchev–Trinajstić information content (AvgIpc) is 2.47. The molecule has 0 amide bonds. The smallest absolute Gasteiger partial charge is 0.120 e. The maximum Gasteiger partial charge on any atom is 0.120 e. The van der Waals surface area contributed by atoms with E-state index in [-0.39, 0.29) is 5.60 Å². The maximum absolute atomic E-state index is 5.74. The zero-order valence-corrected chi connectivity index (χ0v) is 8.66. The van der Waals surface area contributed by atoms with Crippen LogP contribution < -0.4 is 4.74 Å². The second kappa shape index (κ2) is 3.01. The molecule has 74 valence electrons. The molecular formula is C11H14N2O. The van der Waals surface area contributed by atoms with Crippen LogP contribution in [0.15, 0.2) is 24.4 Å². The molecule has 0 bridgehead atoms. The van der Waals surface area contributed by atoms with E-state index < -0.39 is 0 Å². The molecule has 14 heavy (non-hydrogen) atoms. The molecule has 0 unspecified atom stereocenters. The average molecular weight is 190 g/mol. The number of benzene rings is 1. The topological polar surface area (TPSA) is 37.9 Å². The lowest BCUT2D eigenvalue weighted by atomic mass is 10.2. The Kier molecular flexibility index (Phi) is 1.95. The van der Waals surface area contributed by atoms with Crippen LogP contribution in [-0.2, 0) is 0 Å². The fourth-order valence-corrected chi connectivity index (χ4v) is 1.34. The molecular weight excluding hydrogens is 176 g/mol. The van der Waals surface area contributed by atoms with Crippen LogP contribution in [0.25, 0.3) is 10.9 Å². The zero-order valence-electron chi connectivity index (χ0n) is 8.66. The minimum absolute atomic E-state index is 0.155. The van der Waals surface area contributed by atoms with Crippen LogP contribution in [0.1, 0.15) is 20.8 Å². The third-order valence-electron chi connectivity index (χ3n) is 1.84. The molecule has 2 aromatic rings. The molecule has 0 aliphatic heterocycles. The summed E-state index contributed by atoms with van der Waals surface area (Å²) in [5, 5.41) is 7.94. The van der Waals surface area contributed by atoms with E-state index in [4.69, 9.17) is 4.74 Å². The molecule has 3 nitrogen and oxygen atoms in total. The number of aromatic amines is 1. The lowest BCUT2D eigenvalue weighted by molar-refractivity contribution is 0.131. The van der Waals surface area contributed by atoms with Gasteiger partial charge in [-0.15, -0.1) is 0 Å². The molecule has 0 radical (unpaired) electrons. The largest absolute Gasteiger partial charge is 0.488 e. The van der Waals surface area contributed by atoms with Crippen LogP contribution in [0.5, 0.6) is 5.75 Å². The van der Waals surface area contributed by atoms with E-state index in [1.807, 2.05) is 39.0 Å². The van der Waals surface area contributed by atoms with Crippen molar-refractivity contribution < 1.29 is 4.74 Å². The van der Waals surface area contributed by atoms with Gasteiger partial charge in [-0.25, -0.2) is 0 Å². The van der Waals surface area contributed by atoms with Crippen LogP contribution in [-0.4, -0.2) is 15.8 Å². The van der Waals surface area contributed by atoms with Crippen molar-refractivity contribution in [2.45, 2.75) is 26.4 Å². The first-order chi connectivity index (χ1) is 6.54. The molecule has 1 aromatic carbocycles. The van der Waals surface area contributed by atoms with Gasteiger partial charge in [-0.1, -0.05) is 0 Å². The van der Waals surface area contributed by atoms with Crippen molar-refractivity contribution in [1.82, 2.24) is 10.2 Å². The molecule has 0 aliphatic carbocycles. The molecule has 0 atom stereocenters. The minimum atomic E-state index is -0.155. The van der Waals surface area contributed by atoms with Gasteiger partial charge >= 0.3 is 0 Å². The van der Waals surface area contributed by atoms with Gasteiger partial charge in [-0.05, 0) is 39.0 Å². The van der Waals surface area contributed by atoms with E-state index in [1.54, 1.807) is 6.20 Å². The molecule has 1 N–H and O–H groups in total. The van der Waals surface area contributed by atoms with Gasteiger partial charge in [0.15, 0.2) is 0 Å². The van der Waals surface area contributed by atoms with Crippen LogP contribution in [0, 0.1) is 0 Å². The summed E-state index contributed by atoms with van der Waals surface area (Å²) in [4.78, 5) is 0. The first-order valence-corrected chi connectivity index (χ1v) is 4.67. The highest BCUT2D eigenvalue weighted by molar-refractivity contribution is 5.79. The van der Waals surface area contributed by atoms with Gasteiger partial charge < -0.3 is 4.74 Å². The van der Waals surface area contributed by atoms with Crippen molar-refractivity contribution >= 4 is 10.9 Å². The van der Waals surface area contributed by atoms with Crippen molar-refractivity contribution in [2.75, 3.05) is 0 Å². The van der Waals surface area contributed by atoms with E-state index in [2.05, 4.69) is 10.2 Å². The molecule has 1 aromatic heterocycles. The summed E-state index contributed by atoms with van der Waals surface area (Å²) < 4.78 is 5.74. The number of nitrogens with zero attached hydrogens (tertiary/aromatic N) is 1. The van der Waals surface area contributed by atoms with Crippen LogP contribution in [0.4, 0.5) is 0 Å². The van der Waals surface area contributed by atoms with Gasteiger partial charge in [-0.3, -0.25) is 5.10 Å². The lowest BCUT2D eigenvalue weighted by Gasteiger charge is -2.21. The number of aromatic nitrogens is 2. The summed E-state index contributed by atoms with van der Waals surface area (Å²) in [6.45, 7) is 6.10. The van der Waals surface area contributed by atoms with Crippen molar-refractivity contribution in [3.05, 3.63) is 24.4 Å². The van der Waals surface area contributed by atoms with E-state index in [1.165, 1.54) is 0 Å². The Morgan fingerprint density at radius 2 is 2.07 bits per heavy atom. The first kappa shape index (κ1) is 9.06. The third kappa shape index (κ3) is 1.87. The Balaban J connectivity index is 2.35. The van der Waals surface area contributed by atoms with Gasteiger partial charge in [-0.2, -0.15) is 5.10 Å². The number of hydrogen-bond acceptors (Lipinski definition) is 2. The fourth-order valence-electron chi connectivity index (χ4n) is 1.34. The highest BCUT2D eigenvalue weighted by Gasteiger charge is 2.11. The van der Waals surface area contributed by atoms with E-state index in [9.17, 15) is 0 Å². The molecule has 3 heteroatoms. The first-order valence-electron chi connectivity index (χ1n) is 4.67. The number of ether oxygens (including phenoxy) is 1. The number of hydrogen-bond donors (Lipinski definition) is 1. The normalized spacial score (nSPS) is 11.9. The number of nitrogens with one attached hydrogen (secondary N) is 1. The molecule has 0 fully saturated rings. The molecule has 0 saturated carbocycles. The second-order valence-electron chi connectivity index (χ2n) is 4.33. The van der Waals surface area contributed by atoms with E-state index >= 15 is 0 Å². The van der Waals surface area contributed by atoms with Crippen molar-refractivity contribution in [1.29, 1.82) is 0 Å². The van der Waals surface area contributed by atoms with Crippen LogP contribution >= 0.6 is 0 Å². The number of fused-ring (bicyclic) bond motifs is 1. The van der Waals surface area contributed by atoms with Gasteiger partial charge in [0.25, 0.3) is 0 Å². The lowest BCUT2D eigenvalue weighted by Crippen LogP contribution is -2.22. The van der Waals surface area contributed by atoms with E-state index in [0.29, 0.717) is 0 Å². The predicted molar refractivity (Wildman–Crippen MR) is 56.5 cm³/mol. The van der Waals surface area contributed by atoms with Crippen molar-refractivity contribution in [2.24, 2.45) is 0 Å². The van der Waals surface area contributed by atoms with Gasteiger partial charge in [0.2, 0.25) is 0 Å². The van der Waals surface area contributed by atoms with Crippen molar-refractivity contribution in [3.63, 3.8) is 0 Å². The highest BCUT2D eigenvalue weighted by atomic mass is 16.5. The Hall–Kier alpha value is -1.51.